The Balaban J connectivity index is 2.17. The third-order valence-corrected chi connectivity index (χ3v) is 3.49. The van der Waals surface area contributed by atoms with Crippen LogP contribution in [0.5, 0.6) is 0 Å². The molecule has 0 N–H and O–H groups in total. The normalized spacial score (nSPS) is 19.2. The fraction of sp³-hybridized carbons (Fsp3) is 0.636. The van der Waals surface area contributed by atoms with E-state index in [4.69, 9.17) is 5.53 Å². The zero-order valence-corrected chi connectivity index (χ0v) is 10.2. The Morgan fingerprint density at radius 2 is 2.28 bits per heavy atom. The van der Waals surface area contributed by atoms with Gasteiger partial charge < -0.3 is 0 Å². The third kappa shape index (κ3) is 1.64. The van der Waals surface area contributed by atoms with Gasteiger partial charge in [0.15, 0.2) is 0 Å². The van der Waals surface area contributed by atoms with Gasteiger partial charge in [0, 0.05) is 30.8 Å². The average molecular weight is 246 g/mol. The van der Waals surface area contributed by atoms with Gasteiger partial charge in [-0.15, -0.1) is 0 Å². The summed E-state index contributed by atoms with van der Waals surface area (Å²) in [5.41, 5.74) is 10.1. The monoisotopic (exact) mass is 246 g/mol. The molecule has 2 aliphatic rings. The van der Waals surface area contributed by atoms with Crippen LogP contribution in [-0.4, -0.2) is 22.7 Å². The van der Waals surface area contributed by atoms with Crippen molar-refractivity contribution in [3.05, 3.63) is 16.1 Å². The van der Waals surface area contributed by atoms with E-state index in [0.29, 0.717) is 30.4 Å². The zero-order valence-electron chi connectivity index (χ0n) is 10.2. The van der Waals surface area contributed by atoms with Gasteiger partial charge in [-0.2, -0.15) is 5.10 Å². The Hall–Kier alpha value is -2.01. The second-order valence-corrected chi connectivity index (χ2v) is 4.80. The first-order chi connectivity index (χ1) is 8.72. The largest absolute Gasteiger partial charge is 0.300 e. The number of hydrogen-bond acceptors (Lipinski definition) is 3. The predicted octanol–water partition coefficient (Wildman–Crippen LogP) is 2.46. The molecule has 1 saturated carbocycles. The van der Waals surface area contributed by atoms with Crippen LogP contribution in [0.25, 0.3) is 10.4 Å². The maximum absolute atomic E-state index is 11.9. The summed E-state index contributed by atoms with van der Waals surface area (Å²) < 4.78 is 1.81. The smallest absolute Gasteiger partial charge is 0.227 e. The lowest BCUT2D eigenvalue weighted by Crippen LogP contribution is -2.25. The summed E-state index contributed by atoms with van der Waals surface area (Å²) in [5.74, 6) is 1.09. The highest BCUT2D eigenvalue weighted by Gasteiger charge is 2.34. The minimum Gasteiger partial charge on any atom is -0.300 e. The minimum absolute atomic E-state index is 0.0467. The first-order valence-electron chi connectivity index (χ1n) is 6.14. The van der Waals surface area contributed by atoms with E-state index in [1.165, 1.54) is 0 Å². The van der Waals surface area contributed by atoms with Crippen molar-refractivity contribution in [1.82, 2.24) is 9.78 Å². The minimum atomic E-state index is 0.0467. The van der Waals surface area contributed by atoms with Crippen molar-refractivity contribution in [3.8, 4) is 0 Å². The first kappa shape index (κ1) is 11.1. The number of anilines is 1. The molecule has 18 heavy (non-hydrogen) atoms. The molecule has 0 atom stereocenters. The molecule has 0 unspecified atom stereocenters. The number of carbonyl (C=O) groups excluding carboxylic acids is 1. The highest BCUT2D eigenvalue weighted by molar-refractivity contribution is 5.95. The predicted molar refractivity (Wildman–Crippen MR) is 65.7 cm³/mol. The Bertz CT molecular complexity index is 552. The van der Waals surface area contributed by atoms with E-state index in [0.717, 1.165) is 25.0 Å². The van der Waals surface area contributed by atoms with Crippen LogP contribution in [0.15, 0.2) is 5.11 Å². The van der Waals surface area contributed by atoms with Crippen molar-refractivity contribution in [1.29, 1.82) is 0 Å². The molecule has 7 heteroatoms. The molecule has 1 aliphatic heterocycles. The van der Waals surface area contributed by atoms with Crippen LogP contribution in [-0.2, 0) is 11.3 Å². The number of azide groups is 1. The van der Waals surface area contributed by atoms with Crippen molar-refractivity contribution in [3.63, 3.8) is 0 Å². The van der Waals surface area contributed by atoms with Gasteiger partial charge in [0.2, 0.25) is 5.91 Å². The molecule has 1 aliphatic carbocycles. The average Bonchev–Trinajstić information content (AvgIpc) is 3.14. The summed E-state index contributed by atoms with van der Waals surface area (Å²) in [6, 6.07) is 0. The fourth-order valence-corrected chi connectivity index (χ4v) is 2.39. The van der Waals surface area contributed by atoms with Crippen molar-refractivity contribution in [2.24, 2.45) is 5.11 Å². The topological polar surface area (TPSA) is 86.9 Å². The molecule has 2 heterocycles. The van der Waals surface area contributed by atoms with Crippen molar-refractivity contribution in [2.45, 2.75) is 38.1 Å². The van der Waals surface area contributed by atoms with Gasteiger partial charge in [-0.1, -0.05) is 5.11 Å². The number of aromatic nitrogens is 2. The molecule has 0 radical (unpaired) electrons. The van der Waals surface area contributed by atoms with Crippen molar-refractivity contribution >= 4 is 17.4 Å². The lowest BCUT2D eigenvalue weighted by molar-refractivity contribution is -0.118. The van der Waals surface area contributed by atoms with E-state index in [1.807, 2.05) is 4.68 Å². The third-order valence-electron chi connectivity index (χ3n) is 3.49. The van der Waals surface area contributed by atoms with Crippen LogP contribution in [0.3, 0.4) is 0 Å². The number of hydrogen-bond donors (Lipinski definition) is 0. The van der Waals surface area contributed by atoms with E-state index >= 15 is 0 Å². The van der Waals surface area contributed by atoms with Crippen molar-refractivity contribution < 1.29 is 4.79 Å². The highest BCUT2D eigenvalue weighted by Crippen LogP contribution is 2.47. The summed E-state index contributed by atoms with van der Waals surface area (Å²) in [6.07, 6.45) is 3.45. The van der Waals surface area contributed by atoms with Gasteiger partial charge >= 0.3 is 0 Å². The molecule has 1 amide bonds. The van der Waals surface area contributed by atoms with Gasteiger partial charge in [-0.25, -0.2) is 4.68 Å². The number of carbonyl (C=O) groups is 1. The number of rotatable bonds is 2. The lowest BCUT2D eigenvalue weighted by Gasteiger charge is -2.15. The number of fused-ring (bicyclic) bond motifs is 1. The molecular weight excluding hydrogens is 232 g/mol. The summed E-state index contributed by atoms with van der Waals surface area (Å²) >= 11 is 0. The second kappa shape index (κ2) is 4.03. The number of amides is 1. The van der Waals surface area contributed by atoms with Crippen LogP contribution < -0.4 is 4.90 Å². The lowest BCUT2D eigenvalue weighted by atomic mass is 10.2. The van der Waals surface area contributed by atoms with Gasteiger partial charge in [-0.3, -0.25) is 9.69 Å². The standard InChI is InChI=1S/C11H14N6O/c1-16-8(18)3-2-6-17-11(16)10(13-15-12)9(14-17)7-4-5-7/h7H,2-6H2,1H3. The number of aryl methyl sites for hydroxylation is 1. The summed E-state index contributed by atoms with van der Waals surface area (Å²) in [7, 11) is 1.72. The molecule has 0 aromatic carbocycles. The summed E-state index contributed by atoms with van der Waals surface area (Å²) in [6.45, 7) is 0.700. The molecule has 1 fully saturated rings. The SMILES string of the molecule is CN1C(=O)CCCn2nc(C3CC3)c(N=[N+]=[N-])c21. The molecule has 0 saturated heterocycles. The van der Waals surface area contributed by atoms with Gasteiger partial charge in [0.25, 0.3) is 0 Å². The summed E-state index contributed by atoms with van der Waals surface area (Å²) in [4.78, 5) is 16.3. The maximum atomic E-state index is 11.9. The van der Waals surface area contributed by atoms with Crippen molar-refractivity contribution in [2.75, 3.05) is 11.9 Å². The zero-order chi connectivity index (χ0) is 12.7. The Labute approximate surface area is 104 Å². The summed E-state index contributed by atoms with van der Waals surface area (Å²) in [5, 5.41) is 8.31. The van der Waals surface area contributed by atoms with Gasteiger partial charge in [-0.05, 0) is 24.8 Å². The van der Waals surface area contributed by atoms with Gasteiger partial charge in [0.05, 0.1) is 5.69 Å². The molecular formula is C11H14N6O. The molecule has 1 aromatic heterocycles. The van der Waals surface area contributed by atoms with E-state index in [1.54, 1.807) is 11.9 Å². The van der Waals surface area contributed by atoms with E-state index in [2.05, 4.69) is 15.1 Å². The van der Waals surface area contributed by atoms with Gasteiger partial charge in [0.1, 0.15) is 11.5 Å². The van der Waals surface area contributed by atoms with E-state index < -0.39 is 0 Å². The molecule has 94 valence electrons. The van der Waals surface area contributed by atoms with Crippen LogP contribution in [0.1, 0.15) is 37.3 Å². The first-order valence-corrected chi connectivity index (χ1v) is 6.14. The van der Waals surface area contributed by atoms with E-state index in [-0.39, 0.29) is 5.91 Å². The molecule has 3 rings (SSSR count). The van der Waals surface area contributed by atoms with Crippen LogP contribution in [0.2, 0.25) is 0 Å². The molecule has 1 aromatic rings. The Kier molecular flexibility index (Phi) is 2.48. The van der Waals surface area contributed by atoms with Crippen LogP contribution in [0.4, 0.5) is 11.5 Å². The fourth-order valence-electron chi connectivity index (χ4n) is 2.39. The van der Waals surface area contributed by atoms with Crippen LogP contribution in [0, 0.1) is 0 Å². The Morgan fingerprint density at radius 3 is 2.94 bits per heavy atom. The van der Waals surface area contributed by atoms with Crippen LogP contribution >= 0.6 is 0 Å². The highest BCUT2D eigenvalue weighted by atomic mass is 16.2. The quantitative estimate of drug-likeness (QED) is 0.456. The maximum Gasteiger partial charge on any atom is 0.227 e. The Morgan fingerprint density at radius 1 is 1.50 bits per heavy atom. The molecule has 7 nitrogen and oxygen atoms in total. The molecule has 0 bridgehead atoms. The number of nitrogens with zero attached hydrogens (tertiary/aromatic N) is 6. The molecule has 0 spiro atoms. The van der Waals surface area contributed by atoms with E-state index in [9.17, 15) is 4.79 Å². The second-order valence-electron chi connectivity index (χ2n) is 4.80.